The summed E-state index contributed by atoms with van der Waals surface area (Å²) in [5, 5.41) is 4.57. The molecule has 1 aromatic heterocycles. The van der Waals surface area contributed by atoms with Crippen molar-refractivity contribution in [3.63, 3.8) is 0 Å². The zero-order valence-electron chi connectivity index (χ0n) is 11.1. The van der Waals surface area contributed by atoms with Gasteiger partial charge in [-0.15, -0.1) is 0 Å². The number of fused-ring (bicyclic) bond motifs is 1. The van der Waals surface area contributed by atoms with E-state index < -0.39 is 17.6 Å². The predicted molar refractivity (Wildman–Crippen MR) is 75.3 cm³/mol. The minimum Gasteiger partial charge on any atom is -0.399 e. The first-order valence-electron chi connectivity index (χ1n) is 6.31. The third kappa shape index (κ3) is 2.41. The Morgan fingerprint density at radius 1 is 1.14 bits per heavy atom. The second-order valence-corrected chi connectivity index (χ2v) is 4.76. The highest BCUT2D eigenvalue weighted by molar-refractivity contribution is 6.01. The van der Waals surface area contributed by atoms with Crippen molar-refractivity contribution in [3.05, 3.63) is 59.8 Å². The highest BCUT2D eigenvalue weighted by Gasteiger charge is 2.31. The summed E-state index contributed by atoms with van der Waals surface area (Å²) in [6.45, 7) is 0. The smallest absolute Gasteiger partial charge is 0.399 e. The van der Waals surface area contributed by atoms with E-state index in [0.717, 1.165) is 16.8 Å². The van der Waals surface area contributed by atoms with Crippen LogP contribution in [0.5, 0.6) is 0 Å². The summed E-state index contributed by atoms with van der Waals surface area (Å²) in [6.07, 6.45) is -3.06. The molecule has 22 heavy (non-hydrogen) atoms. The molecule has 0 spiro atoms. The number of carbonyl (C=O) groups excluding carboxylic acids is 1. The summed E-state index contributed by atoms with van der Waals surface area (Å²) < 4.78 is 39.2. The van der Waals surface area contributed by atoms with Crippen molar-refractivity contribution in [2.75, 3.05) is 5.73 Å². The zero-order valence-corrected chi connectivity index (χ0v) is 11.1. The number of nitrogens with zero attached hydrogens (tertiary/aromatic N) is 2. The molecule has 112 valence electrons. The molecule has 0 unspecified atom stereocenters. The maximum absolute atomic E-state index is 12.7. The quantitative estimate of drug-likeness (QED) is 0.702. The molecular weight excluding hydrogens is 295 g/mol. The lowest BCUT2D eigenvalue weighted by molar-refractivity contribution is -0.137. The first-order valence-corrected chi connectivity index (χ1v) is 6.31. The molecule has 0 amide bonds. The molecule has 0 saturated carbocycles. The van der Waals surface area contributed by atoms with Crippen LogP contribution >= 0.6 is 0 Å². The number of halogens is 3. The molecule has 2 N–H and O–H groups in total. The third-order valence-corrected chi connectivity index (χ3v) is 3.22. The van der Waals surface area contributed by atoms with Crippen molar-refractivity contribution in [3.8, 4) is 0 Å². The van der Waals surface area contributed by atoms with Crippen LogP contribution in [0.4, 0.5) is 18.9 Å². The predicted octanol–water partition coefficient (Wildman–Crippen LogP) is 3.33. The van der Waals surface area contributed by atoms with E-state index in [1.54, 1.807) is 18.2 Å². The highest BCUT2D eigenvalue weighted by Crippen LogP contribution is 2.30. The van der Waals surface area contributed by atoms with Gasteiger partial charge in [-0.3, -0.25) is 4.79 Å². The highest BCUT2D eigenvalue weighted by atomic mass is 19.4. The normalized spacial score (nSPS) is 11.8. The summed E-state index contributed by atoms with van der Waals surface area (Å²) in [5.41, 5.74) is 5.67. The van der Waals surface area contributed by atoms with E-state index in [2.05, 4.69) is 5.10 Å². The van der Waals surface area contributed by atoms with Gasteiger partial charge in [0.15, 0.2) is 0 Å². The van der Waals surface area contributed by atoms with Crippen molar-refractivity contribution < 1.29 is 18.0 Å². The fourth-order valence-corrected chi connectivity index (χ4v) is 2.16. The molecule has 0 aliphatic carbocycles. The number of benzene rings is 2. The van der Waals surface area contributed by atoms with E-state index in [0.29, 0.717) is 16.6 Å². The average Bonchev–Trinajstić information content (AvgIpc) is 2.88. The van der Waals surface area contributed by atoms with Crippen LogP contribution < -0.4 is 5.73 Å². The first-order chi connectivity index (χ1) is 10.4. The number of nitrogen functional groups attached to an aromatic ring is 1. The lowest BCUT2D eigenvalue weighted by Crippen LogP contribution is -2.15. The van der Waals surface area contributed by atoms with E-state index in [-0.39, 0.29) is 5.56 Å². The Morgan fingerprint density at radius 3 is 2.64 bits per heavy atom. The Hall–Kier alpha value is -2.83. The zero-order chi connectivity index (χ0) is 15.9. The standard InChI is InChI=1S/C15H10F3N3O/c16-15(17,18)11-3-1-2-9(6-11)14(22)21-13-5-4-12(19)7-10(13)8-20-21/h1-8H,19H2. The minimum absolute atomic E-state index is 0.0864. The Kier molecular flexibility index (Phi) is 3.13. The summed E-state index contributed by atoms with van der Waals surface area (Å²) in [4.78, 5) is 12.4. The number of alkyl halides is 3. The first kappa shape index (κ1) is 14.1. The topological polar surface area (TPSA) is 60.9 Å². The Morgan fingerprint density at radius 2 is 1.91 bits per heavy atom. The molecule has 0 bridgehead atoms. The van der Waals surface area contributed by atoms with Crippen LogP contribution in [0.3, 0.4) is 0 Å². The molecule has 0 aliphatic rings. The van der Waals surface area contributed by atoms with Gasteiger partial charge in [0.2, 0.25) is 0 Å². The number of hydrogen-bond donors (Lipinski definition) is 1. The van der Waals surface area contributed by atoms with Crippen LogP contribution in [-0.2, 0) is 6.18 Å². The lowest BCUT2D eigenvalue weighted by atomic mass is 10.1. The summed E-state index contributed by atoms with van der Waals surface area (Å²) >= 11 is 0. The van der Waals surface area contributed by atoms with Gasteiger partial charge in [0.25, 0.3) is 5.91 Å². The Balaban J connectivity index is 2.06. The number of aromatic nitrogens is 2. The maximum atomic E-state index is 12.7. The molecule has 2 aromatic carbocycles. The molecule has 4 nitrogen and oxygen atoms in total. The van der Waals surface area contributed by atoms with E-state index in [9.17, 15) is 18.0 Å². The molecule has 0 fully saturated rings. The molecule has 0 saturated heterocycles. The van der Waals surface area contributed by atoms with E-state index >= 15 is 0 Å². The largest absolute Gasteiger partial charge is 0.416 e. The molecular formula is C15H10F3N3O. The van der Waals surface area contributed by atoms with E-state index in [4.69, 9.17) is 5.73 Å². The van der Waals surface area contributed by atoms with E-state index in [1.165, 1.54) is 18.3 Å². The maximum Gasteiger partial charge on any atom is 0.416 e. The third-order valence-electron chi connectivity index (χ3n) is 3.22. The van der Waals surface area contributed by atoms with Gasteiger partial charge in [-0.1, -0.05) is 6.07 Å². The lowest BCUT2D eigenvalue weighted by Gasteiger charge is -2.08. The molecule has 1 heterocycles. The Bertz CT molecular complexity index is 868. The van der Waals surface area contributed by atoms with Crippen LogP contribution in [-0.4, -0.2) is 15.7 Å². The summed E-state index contributed by atoms with van der Waals surface area (Å²) in [6, 6.07) is 9.08. The summed E-state index contributed by atoms with van der Waals surface area (Å²) in [7, 11) is 0. The van der Waals surface area contributed by atoms with Crippen LogP contribution in [0.15, 0.2) is 48.7 Å². The second-order valence-electron chi connectivity index (χ2n) is 4.76. The van der Waals surface area contributed by atoms with Gasteiger partial charge in [-0.2, -0.15) is 23.0 Å². The van der Waals surface area contributed by atoms with Crippen molar-refractivity contribution in [2.24, 2.45) is 0 Å². The van der Waals surface area contributed by atoms with Gasteiger partial charge >= 0.3 is 6.18 Å². The number of rotatable bonds is 1. The van der Waals surface area contributed by atoms with Crippen LogP contribution in [0.25, 0.3) is 10.9 Å². The second kappa shape index (κ2) is 4.87. The van der Waals surface area contributed by atoms with Crippen LogP contribution in [0.1, 0.15) is 15.9 Å². The van der Waals surface area contributed by atoms with Crippen molar-refractivity contribution in [1.29, 1.82) is 0 Å². The molecule has 7 heteroatoms. The fraction of sp³-hybridized carbons (Fsp3) is 0.0667. The van der Waals surface area contributed by atoms with Crippen LogP contribution in [0, 0.1) is 0 Å². The molecule has 0 aliphatic heterocycles. The molecule has 3 aromatic rings. The number of carbonyl (C=O) groups is 1. The molecule has 3 rings (SSSR count). The monoisotopic (exact) mass is 305 g/mol. The minimum atomic E-state index is -4.50. The average molecular weight is 305 g/mol. The van der Waals surface area contributed by atoms with Gasteiger partial charge < -0.3 is 5.73 Å². The number of nitrogens with two attached hydrogens (primary N) is 1. The van der Waals surface area contributed by atoms with Crippen molar-refractivity contribution in [1.82, 2.24) is 9.78 Å². The SMILES string of the molecule is Nc1ccc2c(cnn2C(=O)c2cccc(C(F)(F)F)c2)c1. The van der Waals surface area contributed by atoms with E-state index in [1.807, 2.05) is 0 Å². The molecule has 0 atom stereocenters. The van der Waals surface area contributed by atoms with Gasteiger partial charge in [0, 0.05) is 16.6 Å². The van der Waals surface area contributed by atoms with Gasteiger partial charge in [-0.25, -0.2) is 0 Å². The molecule has 0 radical (unpaired) electrons. The van der Waals surface area contributed by atoms with Crippen LogP contribution in [0.2, 0.25) is 0 Å². The van der Waals surface area contributed by atoms with Crippen molar-refractivity contribution >= 4 is 22.5 Å². The fourth-order valence-electron chi connectivity index (χ4n) is 2.16. The number of hydrogen-bond acceptors (Lipinski definition) is 3. The van der Waals surface area contributed by atoms with Gasteiger partial charge in [0.1, 0.15) is 0 Å². The van der Waals surface area contributed by atoms with Gasteiger partial charge in [0.05, 0.1) is 17.3 Å². The Labute approximate surface area is 123 Å². The number of anilines is 1. The van der Waals surface area contributed by atoms with Crippen molar-refractivity contribution in [2.45, 2.75) is 6.18 Å². The van der Waals surface area contributed by atoms with Gasteiger partial charge in [-0.05, 0) is 36.4 Å². The summed E-state index contributed by atoms with van der Waals surface area (Å²) in [5.74, 6) is -0.633.